The molecule has 0 atom stereocenters. The molecule has 3 nitrogen and oxygen atoms in total. The Bertz CT molecular complexity index is 511. The maximum atomic E-state index is 5.79. The number of rotatable bonds is 5. The molecule has 0 aliphatic carbocycles. The molecule has 3 N–H and O–H groups in total. The Hall–Kier alpha value is -2.16. The summed E-state index contributed by atoms with van der Waals surface area (Å²) in [6.45, 7) is 3.41. The molecule has 94 valence electrons. The Balaban J connectivity index is 1.78. The molecular formula is C15H18N2O. The monoisotopic (exact) mass is 242 g/mol. The van der Waals surface area contributed by atoms with Crippen LogP contribution in [0.4, 0.5) is 11.4 Å². The average molecular weight is 242 g/mol. The molecule has 0 heterocycles. The second-order valence-corrected chi connectivity index (χ2v) is 4.18. The van der Waals surface area contributed by atoms with Crippen LogP contribution in [0.25, 0.3) is 0 Å². The van der Waals surface area contributed by atoms with Crippen LogP contribution in [0.2, 0.25) is 0 Å². The highest BCUT2D eigenvalue weighted by Gasteiger charge is 1.98. The Morgan fingerprint density at radius 1 is 1.11 bits per heavy atom. The summed E-state index contributed by atoms with van der Waals surface area (Å²) in [5.41, 5.74) is 8.82. The van der Waals surface area contributed by atoms with Gasteiger partial charge >= 0.3 is 0 Å². The summed E-state index contributed by atoms with van der Waals surface area (Å²) in [6, 6.07) is 15.8. The van der Waals surface area contributed by atoms with Gasteiger partial charge in [0.25, 0.3) is 0 Å². The maximum absolute atomic E-state index is 5.79. The van der Waals surface area contributed by atoms with Gasteiger partial charge < -0.3 is 15.8 Å². The first kappa shape index (κ1) is 12.3. The minimum atomic E-state index is 0.585. The van der Waals surface area contributed by atoms with E-state index in [1.165, 1.54) is 5.56 Å². The zero-order chi connectivity index (χ0) is 12.8. The molecule has 0 radical (unpaired) electrons. The Labute approximate surface area is 108 Å². The molecule has 0 unspecified atom stereocenters. The first-order valence-electron chi connectivity index (χ1n) is 6.03. The normalized spacial score (nSPS) is 10.1. The third-order valence-corrected chi connectivity index (χ3v) is 2.63. The van der Waals surface area contributed by atoms with Gasteiger partial charge in [-0.05, 0) is 36.8 Å². The molecule has 0 amide bonds. The van der Waals surface area contributed by atoms with Crippen LogP contribution >= 0.6 is 0 Å². The predicted octanol–water partition coefficient (Wildman–Crippen LogP) is 3.07. The SMILES string of the molecule is Cc1cccc(NCCOc2ccccc2N)c1. The molecule has 0 spiro atoms. The molecule has 0 saturated carbocycles. The zero-order valence-corrected chi connectivity index (χ0v) is 10.5. The largest absolute Gasteiger partial charge is 0.490 e. The molecule has 0 aliphatic rings. The number of ether oxygens (including phenoxy) is 1. The van der Waals surface area contributed by atoms with E-state index in [2.05, 4.69) is 24.4 Å². The lowest BCUT2D eigenvalue weighted by atomic mass is 10.2. The van der Waals surface area contributed by atoms with Gasteiger partial charge in [0.15, 0.2) is 0 Å². The van der Waals surface area contributed by atoms with Crippen molar-refractivity contribution in [1.82, 2.24) is 0 Å². The third kappa shape index (κ3) is 3.42. The van der Waals surface area contributed by atoms with Crippen molar-refractivity contribution in [1.29, 1.82) is 0 Å². The van der Waals surface area contributed by atoms with E-state index < -0.39 is 0 Å². The fourth-order valence-electron chi connectivity index (χ4n) is 1.72. The zero-order valence-electron chi connectivity index (χ0n) is 10.5. The molecule has 3 heteroatoms. The molecule has 2 aromatic rings. The summed E-state index contributed by atoms with van der Waals surface area (Å²) in [5, 5.41) is 3.31. The van der Waals surface area contributed by atoms with Crippen LogP contribution < -0.4 is 15.8 Å². The molecule has 2 rings (SSSR count). The molecule has 0 bridgehead atoms. The number of para-hydroxylation sites is 2. The third-order valence-electron chi connectivity index (χ3n) is 2.63. The van der Waals surface area contributed by atoms with Crippen molar-refractivity contribution < 1.29 is 4.74 Å². The molecular weight excluding hydrogens is 224 g/mol. The summed E-state index contributed by atoms with van der Waals surface area (Å²) in [7, 11) is 0. The van der Waals surface area contributed by atoms with Gasteiger partial charge in [-0.15, -0.1) is 0 Å². The smallest absolute Gasteiger partial charge is 0.142 e. The first-order chi connectivity index (χ1) is 8.75. The number of anilines is 2. The summed E-state index contributed by atoms with van der Waals surface area (Å²) < 4.78 is 5.60. The van der Waals surface area contributed by atoms with Crippen molar-refractivity contribution in [2.75, 3.05) is 24.2 Å². The van der Waals surface area contributed by atoms with E-state index in [4.69, 9.17) is 10.5 Å². The standard InChI is InChI=1S/C15H18N2O/c1-12-5-4-6-13(11-12)17-9-10-18-15-8-3-2-7-14(15)16/h2-8,11,17H,9-10,16H2,1H3. The van der Waals surface area contributed by atoms with E-state index in [0.29, 0.717) is 12.3 Å². The molecule has 0 fully saturated rings. The highest BCUT2D eigenvalue weighted by molar-refractivity contribution is 5.51. The van der Waals surface area contributed by atoms with E-state index in [0.717, 1.165) is 18.0 Å². The van der Waals surface area contributed by atoms with Gasteiger partial charge in [-0.25, -0.2) is 0 Å². The number of benzene rings is 2. The lowest BCUT2D eigenvalue weighted by Gasteiger charge is -2.10. The second kappa shape index (κ2) is 5.96. The fourth-order valence-corrected chi connectivity index (χ4v) is 1.72. The van der Waals surface area contributed by atoms with Gasteiger partial charge in [0.05, 0.1) is 5.69 Å². The summed E-state index contributed by atoms with van der Waals surface area (Å²) in [4.78, 5) is 0. The van der Waals surface area contributed by atoms with E-state index in [9.17, 15) is 0 Å². The Morgan fingerprint density at radius 3 is 2.72 bits per heavy atom. The van der Waals surface area contributed by atoms with E-state index in [1.54, 1.807) is 0 Å². The van der Waals surface area contributed by atoms with E-state index >= 15 is 0 Å². The Kier molecular flexibility index (Phi) is 4.07. The minimum Gasteiger partial charge on any atom is -0.490 e. The number of hydrogen-bond donors (Lipinski definition) is 2. The number of nitrogens with one attached hydrogen (secondary N) is 1. The fraction of sp³-hybridized carbons (Fsp3) is 0.200. The summed E-state index contributed by atoms with van der Waals surface area (Å²) in [5.74, 6) is 0.739. The van der Waals surface area contributed by atoms with Gasteiger partial charge in [0, 0.05) is 12.2 Å². The topological polar surface area (TPSA) is 47.3 Å². The molecule has 0 aliphatic heterocycles. The van der Waals surface area contributed by atoms with Gasteiger partial charge in [0.2, 0.25) is 0 Å². The molecule has 0 aromatic heterocycles. The van der Waals surface area contributed by atoms with Crippen LogP contribution in [0.15, 0.2) is 48.5 Å². The lowest BCUT2D eigenvalue weighted by Crippen LogP contribution is -2.12. The van der Waals surface area contributed by atoms with Gasteiger partial charge in [-0.1, -0.05) is 24.3 Å². The number of aryl methyl sites for hydroxylation is 1. The number of nitrogens with two attached hydrogens (primary N) is 1. The van der Waals surface area contributed by atoms with Crippen LogP contribution in [-0.4, -0.2) is 13.2 Å². The summed E-state index contributed by atoms with van der Waals surface area (Å²) >= 11 is 0. The van der Waals surface area contributed by atoms with Crippen LogP contribution in [-0.2, 0) is 0 Å². The highest BCUT2D eigenvalue weighted by Crippen LogP contribution is 2.19. The van der Waals surface area contributed by atoms with Crippen molar-refractivity contribution in [2.24, 2.45) is 0 Å². The highest BCUT2D eigenvalue weighted by atomic mass is 16.5. The molecule has 2 aromatic carbocycles. The quantitative estimate of drug-likeness (QED) is 0.625. The first-order valence-corrected chi connectivity index (χ1v) is 6.03. The molecule has 18 heavy (non-hydrogen) atoms. The van der Waals surface area contributed by atoms with Crippen molar-refractivity contribution in [3.8, 4) is 5.75 Å². The maximum Gasteiger partial charge on any atom is 0.142 e. The van der Waals surface area contributed by atoms with Crippen molar-refractivity contribution in [3.05, 3.63) is 54.1 Å². The number of nitrogen functional groups attached to an aromatic ring is 1. The summed E-state index contributed by atoms with van der Waals surface area (Å²) in [6.07, 6.45) is 0. The Morgan fingerprint density at radius 2 is 1.94 bits per heavy atom. The van der Waals surface area contributed by atoms with Gasteiger partial charge in [-0.2, -0.15) is 0 Å². The minimum absolute atomic E-state index is 0.585. The lowest BCUT2D eigenvalue weighted by molar-refractivity contribution is 0.334. The predicted molar refractivity (Wildman–Crippen MR) is 76.0 cm³/mol. The van der Waals surface area contributed by atoms with E-state index in [-0.39, 0.29) is 0 Å². The van der Waals surface area contributed by atoms with Gasteiger partial charge in [0.1, 0.15) is 12.4 Å². The van der Waals surface area contributed by atoms with E-state index in [1.807, 2.05) is 36.4 Å². The van der Waals surface area contributed by atoms with Crippen LogP contribution in [0.1, 0.15) is 5.56 Å². The van der Waals surface area contributed by atoms with Crippen molar-refractivity contribution >= 4 is 11.4 Å². The number of hydrogen-bond acceptors (Lipinski definition) is 3. The molecule has 0 saturated heterocycles. The van der Waals surface area contributed by atoms with Crippen LogP contribution in [0, 0.1) is 6.92 Å². The van der Waals surface area contributed by atoms with Crippen LogP contribution in [0.5, 0.6) is 5.75 Å². The van der Waals surface area contributed by atoms with Crippen LogP contribution in [0.3, 0.4) is 0 Å². The van der Waals surface area contributed by atoms with Gasteiger partial charge in [-0.3, -0.25) is 0 Å². The average Bonchev–Trinajstić information content (AvgIpc) is 2.37. The van der Waals surface area contributed by atoms with Crippen molar-refractivity contribution in [3.63, 3.8) is 0 Å². The van der Waals surface area contributed by atoms with Crippen molar-refractivity contribution in [2.45, 2.75) is 6.92 Å². The second-order valence-electron chi connectivity index (χ2n) is 4.18.